The lowest BCUT2D eigenvalue weighted by atomic mass is 10.2. The van der Waals surface area contributed by atoms with Crippen LogP contribution in [-0.4, -0.2) is 36.7 Å². The second kappa shape index (κ2) is 8.99. The molecule has 0 bridgehead atoms. The van der Waals surface area contributed by atoms with Crippen molar-refractivity contribution in [1.29, 1.82) is 0 Å². The van der Waals surface area contributed by atoms with E-state index < -0.39 is 27.6 Å². The van der Waals surface area contributed by atoms with Crippen molar-refractivity contribution >= 4 is 32.4 Å². The summed E-state index contributed by atoms with van der Waals surface area (Å²) in [6.07, 6.45) is 0. The molecule has 158 valence electrons. The molecule has 0 unspecified atom stereocenters. The van der Waals surface area contributed by atoms with Gasteiger partial charge in [0.2, 0.25) is 10.0 Å². The normalized spacial score (nSPS) is 11.6. The Morgan fingerprint density at radius 2 is 1.73 bits per heavy atom. The highest BCUT2D eigenvalue weighted by molar-refractivity contribution is 7.89. The Bertz CT molecular complexity index is 1160. The zero-order chi connectivity index (χ0) is 21.9. The van der Waals surface area contributed by atoms with Crippen molar-refractivity contribution in [3.63, 3.8) is 0 Å². The van der Waals surface area contributed by atoms with Crippen LogP contribution in [0.2, 0.25) is 0 Å². The Kier molecular flexibility index (Phi) is 6.59. The molecule has 0 aliphatic rings. The van der Waals surface area contributed by atoms with Crippen molar-refractivity contribution in [1.82, 2.24) is 9.29 Å². The summed E-state index contributed by atoms with van der Waals surface area (Å²) in [6.45, 7) is 4.22. The maximum atomic E-state index is 13.4. The van der Waals surface area contributed by atoms with Crippen LogP contribution >= 0.6 is 11.3 Å². The van der Waals surface area contributed by atoms with Gasteiger partial charge in [-0.3, -0.25) is 10.1 Å². The maximum absolute atomic E-state index is 13.4. The number of carbonyl (C=O) groups excluding carboxylic acids is 1. The first-order valence-electron chi connectivity index (χ1n) is 9.08. The minimum atomic E-state index is -3.60. The zero-order valence-corrected chi connectivity index (χ0v) is 17.9. The van der Waals surface area contributed by atoms with Crippen molar-refractivity contribution in [2.45, 2.75) is 18.7 Å². The van der Waals surface area contributed by atoms with Crippen LogP contribution in [0.1, 0.15) is 24.2 Å². The number of anilines is 1. The molecule has 1 heterocycles. The first-order chi connectivity index (χ1) is 14.3. The van der Waals surface area contributed by atoms with Gasteiger partial charge in [0.25, 0.3) is 5.91 Å². The highest BCUT2D eigenvalue weighted by atomic mass is 32.2. The van der Waals surface area contributed by atoms with Crippen molar-refractivity contribution in [2.75, 3.05) is 18.4 Å². The summed E-state index contributed by atoms with van der Waals surface area (Å²) in [7, 11) is -3.60. The average molecular weight is 452 g/mol. The molecule has 0 aliphatic heterocycles. The molecular weight excluding hydrogens is 432 g/mol. The first kappa shape index (κ1) is 22.0. The van der Waals surface area contributed by atoms with Crippen LogP contribution in [0.5, 0.6) is 0 Å². The first-order valence-corrected chi connectivity index (χ1v) is 11.4. The molecule has 0 radical (unpaired) electrons. The predicted molar refractivity (Wildman–Crippen MR) is 112 cm³/mol. The van der Waals surface area contributed by atoms with Gasteiger partial charge >= 0.3 is 0 Å². The monoisotopic (exact) mass is 451 g/mol. The number of halogens is 2. The lowest BCUT2D eigenvalue weighted by Crippen LogP contribution is -2.30. The van der Waals surface area contributed by atoms with Gasteiger partial charge in [0.15, 0.2) is 16.8 Å². The minimum absolute atomic E-state index is 0.109. The number of nitrogens with zero attached hydrogens (tertiary/aromatic N) is 2. The summed E-state index contributed by atoms with van der Waals surface area (Å²) >= 11 is 1.13. The number of amides is 1. The minimum Gasteiger partial charge on any atom is -0.298 e. The topological polar surface area (TPSA) is 79.4 Å². The highest BCUT2D eigenvalue weighted by Gasteiger charge is 2.21. The van der Waals surface area contributed by atoms with E-state index in [1.807, 2.05) is 0 Å². The van der Waals surface area contributed by atoms with Gasteiger partial charge in [-0.1, -0.05) is 13.8 Å². The van der Waals surface area contributed by atoms with Gasteiger partial charge in [-0.15, -0.1) is 11.3 Å². The zero-order valence-electron chi connectivity index (χ0n) is 16.2. The van der Waals surface area contributed by atoms with Gasteiger partial charge in [-0.05, 0) is 42.5 Å². The second-order valence-electron chi connectivity index (χ2n) is 6.23. The number of hydrogen-bond donors (Lipinski definition) is 1. The summed E-state index contributed by atoms with van der Waals surface area (Å²) in [5, 5.41) is 4.51. The third kappa shape index (κ3) is 4.55. The van der Waals surface area contributed by atoms with Crippen LogP contribution in [-0.2, 0) is 10.0 Å². The van der Waals surface area contributed by atoms with Crippen LogP contribution in [0.4, 0.5) is 13.9 Å². The molecule has 3 aromatic rings. The Labute approximate surface area is 177 Å². The van der Waals surface area contributed by atoms with E-state index >= 15 is 0 Å². The number of aromatic nitrogens is 1. The smallest absolute Gasteiger partial charge is 0.257 e. The van der Waals surface area contributed by atoms with Crippen LogP contribution < -0.4 is 5.32 Å². The molecule has 0 aliphatic carbocycles. The van der Waals surface area contributed by atoms with Crippen LogP contribution in [0.25, 0.3) is 11.3 Å². The van der Waals surface area contributed by atoms with E-state index in [4.69, 9.17) is 0 Å². The number of sulfonamides is 1. The molecule has 3 rings (SSSR count). The van der Waals surface area contributed by atoms with Crippen LogP contribution in [0, 0.1) is 11.6 Å². The van der Waals surface area contributed by atoms with Crippen molar-refractivity contribution in [2.24, 2.45) is 0 Å². The largest absolute Gasteiger partial charge is 0.298 e. The van der Waals surface area contributed by atoms with Gasteiger partial charge in [0.1, 0.15) is 0 Å². The van der Waals surface area contributed by atoms with Gasteiger partial charge in [0, 0.05) is 29.6 Å². The number of rotatable bonds is 7. The molecule has 0 saturated carbocycles. The summed E-state index contributed by atoms with van der Waals surface area (Å²) in [6, 6.07) is 9.06. The van der Waals surface area contributed by atoms with Crippen molar-refractivity contribution in [3.8, 4) is 11.3 Å². The molecule has 0 fully saturated rings. The SMILES string of the molecule is CCN(CC)S(=O)(=O)c1ccc(C(=O)Nc2nc(-c3ccc(F)c(F)c3)cs2)cc1. The lowest BCUT2D eigenvalue weighted by Gasteiger charge is -2.18. The van der Waals surface area contributed by atoms with Crippen LogP contribution in [0.15, 0.2) is 52.7 Å². The Hall–Kier alpha value is -2.69. The average Bonchev–Trinajstić information content (AvgIpc) is 3.19. The van der Waals surface area contributed by atoms with Gasteiger partial charge in [0.05, 0.1) is 10.6 Å². The third-order valence-corrected chi connectivity index (χ3v) is 7.22. The van der Waals surface area contributed by atoms with E-state index in [1.54, 1.807) is 19.2 Å². The molecule has 6 nitrogen and oxygen atoms in total. The number of thiazole rings is 1. The van der Waals surface area contributed by atoms with Crippen molar-refractivity contribution < 1.29 is 22.0 Å². The second-order valence-corrected chi connectivity index (χ2v) is 9.03. The number of carbonyl (C=O) groups is 1. The molecule has 1 amide bonds. The van der Waals surface area contributed by atoms with E-state index in [0.29, 0.717) is 24.3 Å². The summed E-state index contributed by atoms with van der Waals surface area (Å²) in [5.41, 5.74) is 1.05. The van der Waals surface area contributed by atoms with Crippen molar-refractivity contribution in [3.05, 3.63) is 65.0 Å². The third-order valence-electron chi connectivity index (χ3n) is 4.40. The van der Waals surface area contributed by atoms with E-state index in [2.05, 4.69) is 10.3 Å². The number of nitrogens with one attached hydrogen (secondary N) is 1. The lowest BCUT2D eigenvalue weighted by molar-refractivity contribution is 0.102. The Morgan fingerprint density at radius 3 is 2.33 bits per heavy atom. The molecule has 30 heavy (non-hydrogen) atoms. The molecule has 2 aromatic carbocycles. The molecule has 10 heteroatoms. The quantitative estimate of drug-likeness (QED) is 0.579. The summed E-state index contributed by atoms with van der Waals surface area (Å²) in [5.74, 6) is -2.40. The molecule has 0 atom stereocenters. The molecule has 1 N–H and O–H groups in total. The van der Waals surface area contributed by atoms with Gasteiger partial charge < -0.3 is 0 Å². The van der Waals surface area contributed by atoms with Gasteiger partial charge in [-0.2, -0.15) is 4.31 Å². The fraction of sp³-hybridized carbons (Fsp3) is 0.200. The van der Waals surface area contributed by atoms with E-state index in [0.717, 1.165) is 23.5 Å². The summed E-state index contributed by atoms with van der Waals surface area (Å²) in [4.78, 5) is 16.8. The van der Waals surface area contributed by atoms with Gasteiger partial charge in [-0.25, -0.2) is 22.2 Å². The fourth-order valence-electron chi connectivity index (χ4n) is 2.78. The summed E-state index contributed by atoms with van der Waals surface area (Å²) < 4.78 is 52.8. The number of hydrogen-bond acceptors (Lipinski definition) is 5. The maximum Gasteiger partial charge on any atom is 0.257 e. The molecule has 0 spiro atoms. The molecular formula is C20H19F2N3O3S2. The Morgan fingerprint density at radius 1 is 1.07 bits per heavy atom. The van der Waals surface area contributed by atoms with Crippen LogP contribution in [0.3, 0.4) is 0 Å². The van der Waals surface area contributed by atoms with E-state index in [9.17, 15) is 22.0 Å². The van der Waals surface area contributed by atoms with E-state index in [1.165, 1.54) is 34.6 Å². The molecule has 1 aromatic heterocycles. The highest BCUT2D eigenvalue weighted by Crippen LogP contribution is 2.26. The van der Waals surface area contributed by atoms with E-state index in [-0.39, 0.29) is 15.6 Å². The Balaban J connectivity index is 1.74. The number of benzene rings is 2. The standard InChI is InChI=1S/C20H19F2N3O3S2/c1-3-25(4-2)30(27,28)15-8-5-13(6-9-15)19(26)24-20-23-18(12-29-20)14-7-10-16(21)17(22)11-14/h5-12H,3-4H2,1-2H3,(H,23,24,26). The molecule has 0 saturated heterocycles. The fourth-order valence-corrected chi connectivity index (χ4v) is 4.95. The predicted octanol–water partition coefficient (Wildman–Crippen LogP) is 4.37.